The van der Waals surface area contributed by atoms with Crippen LogP contribution in [0.1, 0.15) is 23.6 Å². The third-order valence-electron chi connectivity index (χ3n) is 6.36. The minimum atomic E-state index is -0.858. The second kappa shape index (κ2) is 13.5. The molecule has 4 aromatic carbocycles. The van der Waals surface area contributed by atoms with Gasteiger partial charge in [0.05, 0.1) is 17.3 Å². The fourth-order valence-corrected chi connectivity index (χ4v) is 4.83. The number of amides is 4. The standard InChI is InChI=1S/C33H26Cl2N2O6/c1-2-41-29-18-23(17-28(35)30(29)43-20-22-9-6-10-24(34)15-22)16-27-31(38)36-33(40)37(32(27)39)25-11-13-26(14-12-25)42-19-21-7-4-3-5-8-21/h3-18H,2,19-20H2,1H3,(H,36,38,40)/b27-16+. The maximum Gasteiger partial charge on any atom is 0.335 e. The van der Waals surface area contributed by atoms with E-state index < -0.39 is 17.8 Å². The van der Waals surface area contributed by atoms with Gasteiger partial charge in [-0.05, 0) is 78.2 Å². The fourth-order valence-electron chi connectivity index (χ4n) is 4.35. The molecular weight excluding hydrogens is 591 g/mol. The number of imide groups is 2. The van der Waals surface area contributed by atoms with Gasteiger partial charge >= 0.3 is 6.03 Å². The first kappa shape index (κ1) is 29.7. The highest BCUT2D eigenvalue weighted by Crippen LogP contribution is 2.38. The van der Waals surface area contributed by atoms with E-state index in [0.717, 1.165) is 16.0 Å². The van der Waals surface area contributed by atoms with Crippen molar-refractivity contribution in [3.63, 3.8) is 0 Å². The Morgan fingerprint density at radius 2 is 1.51 bits per heavy atom. The molecule has 43 heavy (non-hydrogen) atoms. The van der Waals surface area contributed by atoms with Gasteiger partial charge in [-0.3, -0.25) is 14.9 Å². The molecule has 1 fully saturated rings. The topological polar surface area (TPSA) is 94.2 Å². The molecule has 1 aliphatic rings. The van der Waals surface area contributed by atoms with Crippen molar-refractivity contribution in [2.45, 2.75) is 20.1 Å². The molecule has 1 aliphatic heterocycles. The van der Waals surface area contributed by atoms with Gasteiger partial charge in [0.25, 0.3) is 11.8 Å². The van der Waals surface area contributed by atoms with Crippen LogP contribution < -0.4 is 24.4 Å². The Bertz CT molecular complexity index is 1690. The van der Waals surface area contributed by atoms with Crippen LogP contribution in [0.15, 0.2) is 96.6 Å². The lowest BCUT2D eigenvalue weighted by Gasteiger charge is -2.26. The molecule has 0 bridgehead atoms. The molecule has 1 saturated heterocycles. The number of benzene rings is 4. The quantitative estimate of drug-likeness (QED) is 0.149. The summed E-state index contributed by atoms with van der Waals surface area (Å²) < 4.78 is 17.5. The van der Waals surface area contributed by atoms with Crippen molar-refractivity contribution >= 4 is 52.8 Å². The van der Waals surface area contributed by atoms with Crippen molar-refractivity contribution in [1.29, 1.82) is 0 Å². The van der Waals surface area contributed by atoms with E-state index in [0.29, 0.717) is 41.0 Å². The average Bonchev–Trinajstić information content (AvgIpc) is 2.99. The molecule has 1 heterocycles. The third kappa shape index (κ3) is 7.17. The van der Waals surface area contributed by atoms with Gasteiger partial charge in [-0.15, -0.1) is 0 Å². The van der Waals surface area contributed by atoms with Crippen molar-refractivity contribution < 1.29 is 28.6 Å². The van der Waals surface area contributed by atoms with Gasteiger partial charge in [0, 0.05) is 5.02 Å². The molecule has 4 aromatic rings. The number of carbonyl (C=O) groups excluding carboxylic acids is 3. The third-order valence-corrected chi connectivity index (χ3v) is 6.88. The Kier molecular flexibility index (Phi) is 9.29. The number of urea groups is 1. The zero-order chi connectivity index (χ0) is 30.3. The Balaban J connectivity index is 1.36. The van der Waals surface area contributed by atoms with E-state index in [1.165, 1.54) is 6.08 Å². The highest BCUT2D eigenvalue weighted by atomic mass is 35.5. The molecular formula is C33H26Cl2N2O6. The van der Waals surface area contributed by atoms with E-state index in [1.807, 2.05) is 42.5 Å². The highest BCUT2D eigenvalue weighted by Gasteiger charge is 2.37. The number of anilines is 1. The number of nitrogens with one attached hydrogen (secondary N) is 1. The van der Waals surface area contributed by atoms with E-state index in [1.54, 1.807) is 55.5 Å². The molecule has 0 spiro atoms. The lowest BCUT2D eigenvalue weighted by molar-refractivity contribution is -0.122. The number of halogens is 2. The van der Waals surface area contributed by atoms with Crippen LogP contribution in [0.25, 0.3) is 6.08 Å². The van der Waals surface area contributed by atoms with Gasteiger partial charge in [0.15, 0.2) is 11.5 Å². The van der Waals surface area contributed by atoms with Gasteiger partial charge in [0.2, 0.25) is 0 Å². The van der Waals surface area contributed by atoms with Gasteiger partial charge in [0.1, 0.15) is 24.5 Å². The molecule has 8 nitrogen and oxygen atoms in total. The Labute approximate surface area is 258 Å². The molecule has 4 amide bonds. The lowest BCUT2D eigenvalue weighted by atomic mass is 10.1. The summed E-state index contributed by atoms with van der Waals surface area (Å²) >= 11 is 12.6. The number of barbiturate groups is 1. The van der Waals surface area contributed by atoms with Crippen LogP contribution in [0, 0.1) is 0 Å². The van der Waals surface area contributed by atoms with Gasteiger partial charge < -0.3 is 14.2 Å². The smallest absolute Gasteiger partial charge is 0.335 e. The van der Waals surface area contributed by atoms with Crippen molar-refractivity contribution in [2.75, 3.05) is 11.5 Å². The van der Waals surface area contributed by atoms with Crippen LogP contribution in [0.5, 0.6) is 17.2 Å². The van der Waals surface area contributed by atoms with Gasteiger partial charge in [-0.1, -0.05) is 65.7 Å². The summed E-state index contributed by atoms with van der Waals surface area (Å²) in [5, 5.41) is 3.02. The first-order chi connectivity index (χ1) is 20.8. The molecule has 0 atom stereocenters. The molecule has 0 saturated carbocycles. The molecule has 10 heteroatoms. The predicted molar refractivity (Wildman–Crippen MR) is 165 cm³/mol. The van der Waals surface area contributed by atoms with Crippen molar-refractivity contribution in [2.24, 2.45) is 0 Å². The Morgan fingerprint density at radius 1 is 0.791 bits per heavy atom. The molecule has 0 radical (unpaired) electrons. The molecule has 0 unspecified atom stereocenters. The zero-order valence-electron chi connectivity index (χ0n) is 23.0. The summed E-state index contributed by atoms with van der Waals surface area (Å²) in [4.78, 5) is 39.8. The predicted octanol–water partition coefficient (Wildman–Crippen LogP) is 7.22. The van der Waals surface area contributed by atoms with Crippen LogP contribution >= 0.6 is 23.2 Å². The molecule has 1 N–H and O–H groups in total. The number of hydrogen-bond donors (Lipinski definition) is 1. The van der Waals surface area contributed by atoms with Crippen molar-refractivity contribution in [1.82, 2.24) is 5.32 Å². The molecule has 218 valence electrons. The van der Waals surface area contributed by atoms with E-state index in [4.69, 9.17) is 37.4 Å². The first-order valence-corrected chi connectivity index (χ1v) is 14.1. The number of rotatable bonds is 10. The van der Waals surface area contributed by atoms with E-state index >= 15 is 0 Å². The molecule has 0 aromatic heterocycles. The first-order valence-electron chi connectivity index (χ1n) is 13.3. The van der Waals surface area contributed by atoms with Crippen molar-refractivity contribution in [3.8, 4) is 17.2 Å². The summed E-state index contributed by atoms with van der Waals surface area (Å²) in [7, 11) is 0. The van der Waals surface area contributed by atoms with Crippen LogP contribution in [0.2, 0.25) is 10.0 Å². The van der Waals surface area contributed by atoms with Gasteiger partial charge in [-0.2, -0.15) is 0 Å². The zero-order valence-corrected chi connectivity index (χ0v) is 24.5. The maximum atomic E-state index is 13.4. The number of ether oxygens (including phenoxy) is 3. The van der Waals surface area contributed by atoms with E-state index in [9.17, 15) is 14.4 Å². The lowest BCUT2D eigenvalue weighted by Crippen LogP contribution is -2.54. The fraction of sp³-hybridized carbons (Fsp3) is 0.121. The maximum absolute atomic E-state index is 13.4. The summed E-state index contributed by atoms with van der Waals surface area (Å²) in [5.41, 5.74) is 2.25. The molecule has 0 aliphatic carbocycles. The number of carbonyl (C=O) groups is 3. The second-order valence-electron chi connectivity index (χ2n) is 9.41. The molecule has 5 rings (SSSR count). The van der Waals surface area contributed by atoms with E-state index in [2.05, 4.69) is 5.32 Å². The Morgan fingerprint density at radius 3 is 2.23 bits per heavy atom. The average molecular weight is 617 g/mol. The van der Waals surface area contributed by atoms with Crippen LogP contribution in [0.3, 0.4) is 0 Å². The van der Waals surface area contributed by atoms with Crippen LogP contribution in [0.4, 0.5) is 10.5 Å². The largest absolute Gasteiger partial charge is 0.490 e. The minimum absolute atomic E-state index is 0.189. The van der Waals surface area contributed by atoms with E-state index in [-0.39, 0.29) is 22.9 Å². The Hall–Kier alpha value is -4.79. The van der Waals surface area contributed by atoms with Gasteiger partial charge in [-0.25, -0.2) is 9.69 Å². The van der Waals surface area contributed by atoms with Crippen LogP contribution in [-0.2, 0) is 22.8 Å². The number of hydrogen-bond acceptors (Lipinski definition) is 6. The highest BCUT2D eigenvalue weighted by molar-refractivity contribution is 6.39. The normalized spacial score (nSPS) is 14.1. The summed E-state index contributed by atoms with van der Waals surface area (Å²) in [6.07, 6.45) is 1.35. The van der Waals surface area contributed by atoms with Crippen molar-refractivity contribution in [3.05, 3.63) is 123 Å². The van der Waals surface area contributed by atoms with Crippen LogP contribution in [-0.4, -0.2) is 24.5 Å². The summed E-state index contributed by atoms with van der Waals surface area (Å²) in [6.45, 7) is 2.67. The summed E-state index contributed by atoms with van der Waals surface area (Å²) in [5.74, 6) is -0.436. The monoisotopic (exact) mass is 616 g/mol. The SMILES string of the molecule is CCOc1cc(/C=C2\C(=O)NC(=O)N(c3ccc(OCc4ccccc4)cc3)C2=O)cc(Cl)c1OCc1cccc(Cl)c1. The second-order valence-corrected chi connectivity index (χ2v) is 10.3. The summed E-state index contributed by atoms with van der Waals surface area (Å²) in [6, 6.07) is 25.6. The number of nitrogens with zero attached hydrogens (tertiary/aromatic N) is 1. The minimum Gasteiger partial charge on any atom is -0.490 e.